The molecule has 0 amide bonds. The third-order valence-corrected chi connectivity index (χ3v) is 5.21. The summed E-state index contributed by atoms with van der Waals surface area (Å²) in [6.45, 7) is 3.39. The van der Waals surface area contributed by atoms with E-state index in [1.807, 2.05) is 13.8 Å². The van der Waals surface area contributed by atoms with Gasteiger partial charge in [0, 0.05) is 25.7 Å². The zero-order valence-electron chi connectivity index (χ0n) is 13.8. The van der Waals surface area contributed by atoms with Crippen molar-refractivity contribution in [2.45, 2.75) is 75.6 Å². The van der Waals surface area contributed by atoms with E-state index in [4.69, 9.17) is 9.47 Å². The highest BCUT2D eigenvalue weighted by Gasteiger charge is 2.64. The number of esters is 2. The average Bonchev–Trinajstić information content (AvgIpc) is 2.30. The first-order chi connectivity index (χ1) is 10.6. The first kappa shape index (κ1) is 16.7. The molecule has 6 nitrogen and oxygen atoms in total. The summed E-state index contributed by atoms with van der Waals surface area (Å²) in [5.41, 5.74) is -2.70. The molecule has 4 aliphatic rings. The molecule has 4 fully saturated rings. The van der Waals surface area contributed by atoms with Crippen molar-refractivity contribution < 1.29 is 29.3 Å². The second-order valence-corrected chi connectivity index (χ2v) is 8.37. The largest absolute Gasteiger partial charge is 0.456 e. The maximum atomic E-state index is 12.1. The Morgan fingerprint density at radius 2 is 1.65 bits per heavy atom. The van der Waals surface area contributed by atoms with Crippen molar-refractivity contribution in [2.24, 2.45) is 11.8 Å². The van der Waals surface area contributed by atoms with Gasteiger partial charge in [0.05, 0.1) is 11.2 Å². The Kier molecular flexibility index (Phi) is 3.96. The molecular formula is C17H26O6. The van der Waals surface area contributed by atoms with E-state index in [0.29, 0.717) is 38.5 Å². The van der Waals surface area contributed by atoms with Gasteiger partial charge in [-0.3, -0.25) is 4.79 Å². The first-order valence-electron chi connectivity index (χ1n) is 8.43. The Labute approximate surface area is 136 Å². The predicted molar refractivity (Wildman–Crippen MR) is 80.3 cm³/mol. The fraction of sp³-hybridized carbons (Fsp3) is 0.882. The lowest BCUT2D eigenvalue weighted by Crippen LogP contribution is -2.67. The second-order valence-electron chi connectivity index (χ2n) is 8.37. The minimum atomic E-state index is -0.942. The molecule has 2 atom stereocenters. The summed E-state index contributed by atoms with van der Waals surface area (Å²) in [5.74, 6) is -0.668. The van der Waals surface area contributed by atoms with Gasteiger partial charge >= 0.3 is 11.9 Å². The molecule has 0 spiro atoms. The monoisotopic (exact) mass is 326 g/mol. The summed E-state index contributed by atoms with van der Waals surface area (Å²) >= 11 is 0. The Bertz CT molecular complexity index is 495. The van der Waals surface area contributed by atoms with Gasteiger partial charge in [0.1, 0.15) is 5.60 Å². The number of carbonyl (C=O) groups excluding carboxylic acids is 2. The lowest BCUT2D eigenvalue weighted by molar-refractivity contribution is -0.262. The summed E-state index contributed by atoms with van der Waals surface area (Å²) in [6.07, 6.45) is 3.35. The van der Waals surface area contributed by atoms with Crippen LogP contribution in [0.3, 0.4) is 0 Å². The quantitative estimate of drug-likeness (QED) is 0.740. The van der Waals surface area contributed by atoms with Crippen LogP contribution in [0.15, 0.2) is 0 Å². The Morgan fingerprint density at radius 1 is 1.04 bits per heavy atom. The smallest absolute Gasteiger partial charge is 0.344 e. The molecule has 2 N–H and O–H groups in total. The average molecular weight is 326 g/mol. The van der Waals surface area contributed by atoms with Gasteiger partial charge < -0.3 is 19.7 Å². The molecule has 4 rings (SSSR count). The SMILES string of the molecule is CC(C)CC(=O)OCC(=O)OC12CC3CC(O)(CC(O)(C3)C1)C2. The molecule has 23 heavy (non-hydrogen) atoms. The van der Waals surface area contributed by atoms with Crippen LogP contribution in [0.1, 0.15) is 58.8 Å². The van der Waals surface area contributed by atoms with Crippen LogP contribution < -0.4 is 0 Å². The van der Waals surface area contributed by atoms with Crippen LogP contribution in [0.4, 0.5) is 0 Å². The van der Waals surface area contributed by atoms with Gasteiger partial charge in [-0.05, 0) is 31.1 Å². The van der Waals surface area contributed by atoms with Crippen LogP contribution in [0.5, 0.6) is 0 Å². The first-order valence-corrected chi connectivity index (χ1v) is 8.43. The van der Waals surface area contributed by atoms with Crippen LogP contribution in [0.25, 0.3) is 0 Å². The topological polar surface area (TPSA) is 93.1 Å². The number of rotatable bonds is 5. The van der Waals surface area contributed by atoms with Crippen molar-refractivity contribution in [3.63, 3.8) is 0 Å². The van der Waals surface area contributed by atoms with Gasteiger partial charge in [-0.15, -0.1) is 0 Å². The minimum absolute atomic E-state index is 0.171. The third kappa shape index (κ3) is 3.53. The molecule has 4 aliphatic carbocycles. The molecule has 0 radical (unpaired) electrons. The molecule has 0 aliphatic heterocycles. The van der Waals surface area contributed by atoms with Crippen LogP contribution in [0.2, 0.25) is 0 Å². The standard InChI is InChI=1S/C17H26O6/c1-11(2)3-13(18)22-7-14(19)23-17-6-12-4-15(20,9-17)8-16(21,5-12)10-17/h11-12,20-21H,3-10H2,1-2H3. The molecule has 6 heteroatoms. The van der Waals surface area contributed by atoms with Crippen molar-refractivity contribution in [2.75, 3.05) is 6.61 Å². The van der Waals surface area contributed by atoms with Gasteiger partial charge in [0.2, 0.25) is 0 Å². The van der Waals surface area contributed by atoms with E-state index in [1.165, 1.54) is 0 Å². The lowest BCUT2D eigenvalue weighted by atomic mass is 9.50. The summed E-state index contributed by atoms with van der Waals surface area (Å²) in [5, 5.41) is 21.3. The lowest BCUT2D eigenvalue weighted by Gasteiger charge is -2.62. The van der Waals surface area contributed by atoms with Gasteiger partial charge in [-0.2, -0.15) is 0 Å². The number of carbonyl (C=O) groups is 2. The molecule has 130 valence electrons. The third-order valence-electron chi connectivity index (χ3n) is 5.21. The maximum absolute atomic E-state index is 12.1. The van der Waals surface area contributed by atoms with Crippen molar-refractivity contribution in [3.05, 3.63) is 0 Å². The molecule has 4 saturated carbocycles. The number of hydrogen-bond acceptors (Lipinski definition) is 6. The van der Waals surface area contributed by atoms with Gasteiger partial charge in [0.25, 0.3) is 0 Å². The molecule has 0 saturated heterocycles. The highest BCUT2D eigenvalue weighted by molar-refractivity contribution is 5.76. The number of aliphatic hydroxyl groups is 2. The zero-order valence-corrected chi connectivity index (χ0v) is 13.8. The number of hydrogen-bond donors (Lipinski definition) is 2. The van der Waals surface area contributed by atoms with Crippen LogP contribution in [-0.2, 0) is 19.1 Å². The van der Waals surface area contributed by atoms with Crippen LogP contribution >= 0.6 is 0 Å². The second kappa shape index (κ2) is 5.45. The van der Waals surface area contributed by atoms with Crippen molar-refractivity contribution in [3.8, 4) is 0 Å². The van der Waals surface area contributed by atoms with E-state index in [0.717, 1.165) is 0 Å². The Morgan fingerprint density at radius 3 is 2.17 bits per heavy atom. The van der Waals surface area contributed by atoms with Gasteiger partial charge in [-0.1, -0.05) is 13.8 Å². The van der Waals surface area contributed by atoms with Crippen molar-refractivity contribution in [1.82, 2.24) is 0 Å². The highest BCUT2D eigenvalue weighted by Crippen LogP contribution is 2.60. The molecular weight excluding hydrogens is 300 g/mol. The van der Waals surface area contributed by atoms with E-state index in [2.05, 4.69) is 0 Å². The molecule has 0 heterocycles. The Balaban J connectivity index is 1.59. The van der Waals surface area contributed by atoms with E-state index in [-0.39, 0.29) is 18.3 Å². The normalized spacial score (nSPS) is 41.2. The van der Waals surface area contributed by atoms with E-state index in [9.17, 15) is 19.8 Å². The van der Waals surface area contributed by atoms with Crippen molar-refractivity contribution in [1.29, 1.82) is 0 Å². The summed E-state index contributed by atoms with van der Waals surface area (Å²) in [4.78, 5) is 23.6. The van der Waals surface area contributed by atoms with Crippen LogP contribution in [-0.4, -0.2) is 45.6 Å². The fourth-order valence-electron chi connectivity index (χ4n) is 5.17. The van der Waals surface area contributed by atoms with E-state index in [1.54, 1.807) is 0 Å². The molecule has 2 unspecified atom stereocenters. The van der Waals surface area contributed by atoms with Gasteiger partial charge in [0.15, 0.2) is 6.61 Å². The zero-order chi connectivity index (χ0) is 16.9. The number of ether oxygens (including phenoxy) is 2. The maximum Gasteiger partial charge on any atom is 0.344 e. The fourth-order valence-corrected chi connectivity index (χ4v) is 5.17. The highest BCUT2D eigenvalue weighted by atomic mass is 16.6. The summed E-state index contributed by atoms with van der Waals surface area (Å²) in [6, 6.07) is 0. The summed E-state index contributed by atoms with van der Waals surface area (Å²) in [7, 11) is 0. The summed E-state index contributed by atoms with van der Waals surface area (Å²) < 4.78 is 10.5. The van der Waals surface area contributed by atoms with Crippen molar-refractivity contribution >= 4 is 11.9 Å². The van der Waals surface area contributed by atoms with E-state index >= 15 is 0 Å². The molecule has 4 bridgehead atoms. The minimum Gasteiger partial charge on any atom is -0.456 e. The molecule has 0 aromatic carbocycles. The van der Waals surface area contributed by atoms with Crippen LogP contribution in [0, 0.1) is 11.8 Å². The Hall–Kier alpha value is -1.14. The molecule has 0 aromatic heterocycles. The molecule has 0 aromatic rings. The van der Waals surface area contributed by atoms with Gasteiger partial charge in [-0.25, -0.2) is 4.79 Å². The van der Waals surface area contributed by atoms with E-state index < -0.39 is 35.3 Å². The predicted octanol–water partition coefficient (Wildman–Crippen LogP) is 1.32.